The first-order valence-electron chi connectivity index (χ1n) is 6.64. The van der Waals surface area contributed by atoms with Gasteiger partial charge in [-0.1, -0.05) is 0 Å². The van der Waals surface area contributed by atoms with Gasteiger partial charge in [-0.15, -0.1) is 0 Å². The van der Waals surface area contributed by atoms with Crippen LogP contribution in [0.3, 0.4) is 0 Å². The maximum atomic E-state index is 5.91. The third-order valence-electron chi connectivity index (χ3n) is 3.82. The van der Waals surface area contributed by atoms with E-state index in [0.29, 0.717) is 12.0 Å². The molecule has 0 atom stereocenters. The molecule has 0 bridgehead atoms. The molecule has 0 aromatic carbocycles. The molecule has 2 aliphatic carbocycles. The minimum Gasteiger partial charge on any atom is -0.360 e. The van der Waals surface area contributed by atoms with Crippen molar-refractivity contribution in [3.05, 3.63) is 5.82 Å². The van der Waals surface area contributed by atoms with E-state index in [4.69, 9.17) is 5.73 Å². The van der Waals surface area contributed by atoms with E-state index in [1.54, 1.807) is 0 Å². The minimum absolute atomic E-state index is 0.439. The molecule has 2 saturated carbocycles. The minimum atomic E-state index is 0.439. The van der Waals surface area contributed by atoms with E-state index in [0.717, 1.165) is 23.4 Å². The van der Waals surface area contributed by atoms with Gasteiger partial charge in [0.05, 0.1) is 0 Å². The molecule has 0 spiro atoms. The summed E-state index contributed by atoms with van der Waals surface area (Å²) in [5.74, 6) is 2.49. The molecule has 94 valence electrons. The second-order valence-electron chi connectivity index (χ2n) is 5.39. The van der Waals surface area contributed by atoms with Crippen LogP contribution in [-0.4, -0.2) is 21.9 Å². The predicted octanol–water partition coefficient (Wildman–Crippen LogP) is 2.34. The Morgan fingerprint density at radius 1 is 1.18 bits per heavy atom. The van der Waals surface area contributed by atoms with Crippen LogP contribution < -0.4 is 11.1 Å². The zero-order valence-corrected chi connectivity index (χ0v) is 10.9. The van der Waals surface area contributed by atoms with Crippen molar-refractivity contribution in [2.24, 2.45) is 11.7 Å². The maximum Gasteiger partial charge on any atom is 0.202 e. The number of nitrogens with one attached hydrogen (secondary N) is 1. The molecule has 0 radical (unpaired) electrons. The summed E-state index contributed by atoms with van der Waals surface area (Å²) in [6.45, 7) is 1.03. The van der Waals surface area contributed by atoms with Gasteiger partial charge in [-0.25, -0.2) is 4.98 Å². The van der Waals surface area contributed by atoms with E-state index in [1.165, 1.54) is 50.1 Å². The van der Waals surface area contributed by atoms with Gasteiger partial charge in [-0.2, -0.15) is 4.37 Å². The Balaban J connectivity index is 1.46. The lowest BCUT2D eigenvalue weighted by Crippen LogP contribution is -2.29. The van der Waals surface area contributed by atoms with Crippen LogP contribution >= 0.6 is 11.5 Å². The molecule has 0 aliphatic heterocycles. The molecule has 0 saturated heterocycles. The summed E-state index contributed by atoms with van der Waals surface area (Å²) in [6.07, 6.45) is 7.41. The number of hydrogen-bond acceptors (Lipinski definition) is 5. The fraction of sp³-hybridized carbons (Fsp3) is 0.833. The van der Waals surface area contributed by atoms with Crippen LogP contribution in [0.5, 0.6) is 0 Å². The molecular formula is C12H20N4S. The van der Waals surface area contributed by atoms with Gasteiger partial charge in [0.1, 0.15) is 5.82 Å². The van der Waals surface area contributed by atoms with E-state index in [2.05, 4.69) is 14.7 Å². The number of aromatic nitrogens is 2. The Morgan fingerprint density at radius 2 is 1.94 bits per heavy atom. The van der Waals surface area contributed by atoms with Crippen LogP contribution in [-0.2, 0) is 0 Å². The van der Waals surface area contributed by atoms with Gasteiger partial charge in [-0.05, 0) is 44.4 Å². The van der Waals surface area contributed by atoms with Gasteiger partial charge in [0.25, 0.3) is 0 Å². The second-order valence-corrected chi connectivity index (χ2v) is 6.15. The molecule has 5 heteroatoms. The fourth-order valence-electron chi connectivity index (χ4n) is 2.44. The molecule has 0 amide bonds. The number of nitrogens with two attached hydrogens (primary N) is 1. The summed E-state index contributed by atoms with van der Waals surface area (Å²) in [7, 11) is 0. The number of hydrogen-bond donors (Lipinski definition) is 2. The highest BCUT2D eigenvalue weighted by Gasteiger charge is 2.28. The molecule has 1 aromatic heterocycles. The molecule has 17 heavy (non-hydrogen) atoms. The molecule has 3 rings (SSSR count). The molecule has 4 nitrogen and oxygen atoms in total. The average Bonchev–Trinajstić information content (AvgIpc) is 3.09. The predicted molar refractivity (Wildman–Crippen MR) is 70.3 cm³/mol. The van der Waals surface area contributed by atoms with Gasteiger partial charge in [0, 0.05) is 30.0 Å². The van der Waals surface area contributed by atoms with E-state index >= 15 is 0 Å². The Hall–Kier alpha value is -0.680. The van der Waals surface area contributed by atoms with Crippen molar-refractivity contribution in [3.8, 4) is 0 Å². The Bertz CT molecular complexity index is 366. The van der Waals surface area contributed by atoms with Gasteiger partial charge >= 0.3 is 0 Å². The molecule has 1 heterocycles. The average molecular weight is 252 g/mol. The third-order valence-corrected chi connectivity index (χ3v) is 4.50. The third kappa shape index (κ3) is 2.96. The number of rotatable bonds is 4. The monoisotopic (exact) mass is 252 g/mol. The highest BCUT2D eigenvalue weighted by Crippen LogP contribution is 2.39. The van der Waals surface area contributed by atoms with Gasteiger partial charge < -0.3 is 11.1 Å². The topological polar surface area (TPSA) is 63.8 Å². The van der Waals surface area contributed by atoms with Crippen molar-refractivity contribution in [1.29, 1.82) is 0 Å². The van der Waals surface area contributed by atoms with Crippen molar-refractivity contribution < 1.29 is 0 Å². The summed E-state index contributed by atoms with van der Waals surface area (Å²) >= 11 is 1.51. The second kappa shape index (κ2) is 4.90. The SMILES string of the molecule is NC1CCC(CNc2nc(C3CC3)ns2)CC1. The van der Waals surface area contributed by atoms with Crippen LogP contribution in [0.4, 0.5) is 5.13 Å². The Kier molecular flexibility index (Phi) is 3.29. The molecule has 0 unspecified atom stereocenters. The van der Waals surface area contributed by atoms with Crippen molar-refractivity contribution in [2.75, 3.05) is 11.9 Å². The Morgan fingerprint density at radius 3 is 2.65 bits per heavy atom. The quantitative estimate of drug-likeness (QED) is 0.863. The molecule has 3 N–H and O–H groups in total. The number of anilines is 1. The van der Waals surface area contributed by atoms with Gasteiger partial charge in [0.15, 0.2) is 0 Å². The van der Waals surface area contributed by atoms with Gasteiger partial charge in [-0.3, -0.25) is 0 Å². The van der Waals surface area contributed by atoms with Crippen LogP contribution in [0.15, 0.2) is 0 Å². The summed E-state index contributed by atoms with van der Waals surface area (Å²) in [5.41, 5.74) is 5.91. The first-order valence-corrected chi connectivity index (χ1v) is 7.41. The zero-order valence-electron chi connectivity index (χ0n) is 10.1. The lowest BCUT2D eigenvalue weighted by molar-refractivity contribution is 0.339. The summed E-state index contributed by atoms with van der Waals surface area (Å²) in [5, 5.41) is 4.44. The normalized spacial score (nSPS) is 29.2. The maximum absolute atomic E-state index is 5.91. The lowest BCUT2D eigenvalue weighted by atomic mass is 9.86. The lowest BCUT2D eigenvalue weighted by Gasteiger charge is -2.25. The number of nitrogens with zero attached hydrogens (tertiary/aromatic N) is 2. The van der Waals surface area contributed by atoms with Crippen LogP contribution in [0.2, 0.25) is 0 Å². The van der Waals surface area contributed by atoms with Crippen LogP contribution in [0.25, 0.3) is 0 Å². The molecule has 2 fully saturated rings. The molecule has 1 aromatic rings. The standard InChI is InChI=1S/C12H20N4S/c13-10-5-1-8(2-6-10)7-14-12-15-11(16-17-12)9-3-4-9/h8-10H,1-7,13H2,(H,14,15,16). The van der Waals surface area contributed by atoms with Crippen LogP contribution in [0.1, 0.15) is 50.3 Å². The first kappa shape index (κ1) is 11.4. The highest BCUT2D eigenvalue weighted by molar-refractivity contribution is 7.09. The smallest absolute Gasteiger partial charge is 0.202 e. The fourth-order valence-corrected chi connectivity index (χ4v) is 3.09. The van der Waals surface area contributed by atoms with Crippen molar-refractivity contribution in [1.82, 2.24) is 9.36 Å². The summed E-state index contributed by atoms with van der Waals surface area (Å²) < 4.78 is 4.40. The van der Waals surface area contributed by atoms with Crippen molar-refractivity contribution >= 4 is 16.7 Å². The van der Waals surface area contributed by atoms with E-state index in [-0.39, 0.29) is 0 Å². The van der Waals surface area contributed by atoms with Crippen molar-refractivity contribution in [2.45, 2.75) is 50.5 Å². The van der Waals surface area contributed by atoms with E-state index in [9.17, 15) is 0 Å². The van der Waals surface area contributed by atoms with Crippen LogP contribution in [0, 0.1) is 5.92 Å². The first-order chi connectivity index (χ1) is 8.31. The van der Waals surface area contributed by atoms with Gasteiger partial charge in [0.2, 0.25) is 5.13 Å². The Labute approximate surface area is 106 Å². The van der Waals surface area contributed by atoms with E-state index < -0.39 is 0 Å². The molecule has 2 aliphatic rings. The summed E-state index contributed by atoms with van der Waals surface area (Å²) in [4.78, 5) is 4.54. The zero-order chi connectivity index (χ0) is 11.7. The summed E-state index contributed by atoms with van der Waals surface area (Å²) in [6, 6.07) is 0.439. The molecular weight excluding hydrogens is 232 g/mol. The van der Waals surface area contributed by atoms with E-state index in [1.807, 2.05) is 0 Å². The largest absolute Gasteiger partial charge is 0.360 e. The van der Waals surface area contributed by atoms with Crippen molar-refractivity contribution in [3.63, 3.8) is 0 Å². The highest BCUT2D eigenvalue weighted by atomic mass is 32.1.